The predicted octanol–water partition coefficient (Wildman–Crippen LogP) is 1.85. The standard InChI is InChI=1S/C32H42N4O7/c1-7-20(3)26(29(40)36-32(5,6)31(42)43)35-30(41)27(38)21(4)33-28(39)24(17-23-15-11-12-19(2)16-23)34-25(37)18-22-13-9-8-10-14-22/h8-16,20-21,24,26H,7,17-18H2,1-6H3,(H,33,39)(H,34,37)(H,35,41)(H,36,40)(H,42,43)/t20-,21?,24-,26-/m0/s1. The average molecular weight is 595 g/mol. The number of hydrogen-bond acceptors (Lipinski definition) is 6. The fourth-order valence-electron chi connectivity index (χ4n) is 4.24. The van der Waals surface area contributed by atoms with E-state index in [1.54, 1.807) is 38.1 Å². The number of carboxylic acid groups (broad SMARTS) is 1. The van der Waals surface area contributed by atoms with Gasteiger partial charge in [-0.1, -0.05) is 80.4 Å². The number of carbonyl (C=O) groups is 6. The Balaban J connectivity index is 2.15. The Labute approximate surface area is 252 Å². The van der Waals surface area contributed by atoms with Gasteiger partial charge in [0.2, 0.25) is 23.5 Å². The van der Waals surface area contributed by atoms with Crippen molar-refractivity contribution in [1.29, 1.82) is 0 Å². The monoisotopic (exact) mass is 594 g/mol. The zero-order valence-corrected chi connectivity index (χ0v) is 25.5. The van der Waals surface area contributed by atoms with Gasteiger partial charge >= 0.3 is 5.97 Å². The van der Waals surface area contributed by atoms with Crippen LogP contribution in [0.5, 0.6) is 0 Å². The molecule has 0 spiro atoms. The van der Waals surface area contributed by atoms with Gasteiger partial charge in [-0.05, 0) is 44.7 Å². The molecule has 0 heterocycles. The van der Waals surface area contributed by atoms with E-state index in [-0.39, 0.29) is 18.7 Å². The molecule has 4 atom stereocenters. The minimum atomic E-state index is -1.60. The molecule has 2 aromatic carbocycles. The van der Waals surface area contributed by atoms with Crippen LogP contribution < -0.4 is 21.3 Å². The first-order valence-corrected chi connectivity index (χ1v) is 14.2. The van der Waals surface area contributed by atoms with E-state index in [4.69, 9.17) is 0 Å². The van der Waals surface area contributed by atoms with Crippen molar-refractivity contribution in [2.45, 2.75) is 84.5 Å². The van der Waals surface area contributed by atoms with Gasteiger partial charge in [-0.3, -0.25) is 24.0 Å². The molecule has 0 aliphatic heterocycles. The molecular weight excluding hydrogens is 552 g/mol. The zero-order valence-electron chi connectivity index (χ0n) is 25.5. The Kier molecular flexibility index (Phi) is 12.6. The third-order valence-corrected chi connectivity index (χ3v) is 7.11. The molecule has 232 valence electrons. The van der Waals surface area contributed by atoms with E-state index in [1.807, 2.05) is 37.3 Å². The largest absolute Gasteiger partial charge is 0.480 e. The van der Waals surface area contributed by atoms with Gasteiger partial charge < -0.3 is 26.4 Å². The normalized spacial score (nSPS) is 13.9. The maximum Gasteiger partial charge on any atom is 0.328 e. The van der Waals surface area contributed by atoms with E-state index in [2.05, 4.69) is 21.3 Å². The van der Waals surface area contributed by atoms with Crippen LogP contribution in [0, 0.1) is 12.8 Å². The average Bonchev–Trinajstić information content (AvgIpc) is 2.94. The molecule has 2 aromatic rings. The number of nitrogens with one attached hydrogen (secondary N) is 4. The highest BCUT2D eigenvalue weighted by Crippen LogP contribution is 2.12. The van der Waals surface area contributed by atoms with Crippen LogP contribution in [0.2, 0.25) is 0 Å². The number of amides is 4. The van der Waals surface area contributed by atoms with Crippen molar-refractivity contribution in [3.63, 3.8) is 0 Å². The summed E-state index contributed by atoms with van der Waals surface area (Å²) in [5.41, 5.74) is 0.931. The van der Waals surface area contributed by atoms with Gasteiger partial charge in [0.05, 0.1) is 12.5 Å². The molecule has 11 heteroatoms. The number of rotatable bonds is 15. The predicted molar refractivity (Wildman–Crippen MR) is 161 cm³/mol. The molecule has 43 heavy (non-hydrogen) atoms. The van der Waals surface area contributed by atoms with E-state index in [0.29, 0.717) is 6.42 Å². The molecule has 4 amide bonds. The SMILES string of the molecule is CC[C@H](C)[C@H](NC(=O)C(=O)C(C)NC(=O)[C@H](Cc1cccc(C)c1)NC(=O)Cc1ccccc1)C(=O)NC(C)(C)C(=O)O. The fraction of sp³-hybridized carbons (Fsp3) is 0.438. The van der Waals surface area contributed by atoms with Gasteiger partial charge in [-0.15, -0.1) is 0 Å². The minimum Gasteiger partial charge on any atom is -0.480 e. The van der Waals surface area contributed by atoms with Crippen LogP contribution in [0.15, 0.2) is 54.6 Å². The van der Waals surface area contributed by atoms with Crippen molar-refractivity contribution < 1.29 is 33.9 Å². The smallest absolute Gasteiger partial charge is 0.328 e. The summed E-state index contributed by atoms with van der Waals surface area (Å²) in [7, 11) is 0. The van der Waals surface area contributed by atoms with Crippen LogP contribution in [-0.4, -0.2) is 64.2 Å². The molecule has 0 saturated heterocycles. The summed E-state index contributed by atoms with van der Waals surface area (Å²) < 4.78 is 0. The van der Waals surface area contributed by atoms with Crippen LogP contribution in [0.1, 0.15) is 57.7 Å². The maximum atomic E-state index is 13.3. The van der Waals surface area contributed by atoms with E-state index in [9.17, 15) is 33.9 Å². The van der Waals surface area contributed by atoms with Gasteiger partial charge in [-0.25, -0.2) is 4.79 Å². The molecule has 0 aliphatic carbocycles. The number of Topliss-reactive ketones (excluding diaryl/α,β-unsaturated/α-hetero) is 1. The topological polar surface area (TPSA) is 171 Å². The third-order valence-electron chi connectivity index (χ3n) is 7.11. The highest BCUT2D eigenvalue weighted by atomic mass is 16.4. The van der Waals surface area contributed by atoms with Gasteiger partial charge in [0.25, 0.3) is 5.91 Å². The van der Waals surface area contributed by atoms with E-state index in [0.717, 1.165) is 16.7 Å². The first kappa shape index (κ1) is 34.7. The molecule has 5 N–H and O–H groups in total. The molecule has 1 unspecified atom stereocenters. The highest BCUT2D eigenvalue weighted by Gasteiger charge is 2.36. The number of benzene rings is 2. The van der Waals surface area contributed by atoms with Gasteiger partial charge in [0.1, 0.15) is 17.6 Å². The highest BCUT2D eigenvalue weighted by molar-refractivity contribution is 6.38. The molecule has 0 radical (unpaired) electrons. The Hall–Kier alpha value is -4.54. The molecule has 0 aromatic heterocycles. The van der Waals surface area contributed by atoms with Gasteiger partial charge in [-0.2, -0.15) is 0 Å². The number of aryl methyl sites for hydroxylation is 1. The Morgan fingerprint density at radius 2 is 1.47 bits per heavy atom. The van der Waals surface area contributed by atoms with Crippen molar-refractivity contribution in [2.24, 2.45) is 5.92 Å². The Morgan fingerprint density at radius 1 is 0.837 bits per heavy atom. The second-order valence-electron chi connectivity index (χ2n) is 11.3. The summed E-state index contributed by atoms with van der Waals surface area (Å²) in [5, 5.41) is 19.4. The second kappa shape index (κ2) is 15.6. The van der Waals surface area contributed by atoms with Gasteiger partial charge in [0, 0.05) is 6.42 Å². The lowest BCUT2D eigenvalue weighted by Crippen LogP contribution is -2.60. The summed E-state index contributed by atoms with van der Waals surface area (Å²) in [6, 6.07) is 13.0. The molecule has 11 nitrogen and oxygen atoms in total. The first-order valence-electron chi connectivity index (χ1n) is 14.2. The number of aliphatic carboxylic acids is 1. The molecule has 0 aliphatic rings. The van der Waals surface area contributed by atoms with Crippen molar-refractivity contribution >= 4 is 35.4 Å². The number of hydrogen-bond donors (Lipinski definition) is 5. The molecule has 0 bridgehead atoms. The molecule has 0 fully saturated rings. The zero-order chi connectivity index (χ0) is 32.3. The summed E-state index contributed by atoms with van der Waals surface area (Å²) in [5.74, 6) is -5.60. The van der Waals surface area contributed by atoms with Crippen LogP contribution in [-0.2, 0) is 41.6 Å². The summed E-state index contributed by atoms with van der Waals surface area (Å²) in [4.78, 5) is 76.4. The van der Waals surface area contributed by atoms with E-state index in [1.165, 1.54) is 20.8 Å². The second-order valence-corrected chi connectivity index (χ2v) is 11.3. The Morgan fingerprint density at radius 3 is 2.05 bits per heavy atom. The number of ketones is 1. The minimum absolute atomic E-state index is 0.0487. The third kappa shape index (κ3) is 10.7. The van der Waals surface area contributed by atoms with Crippen LogP contribution in [0.25, 0.3) is 0 Å². The van der Waals surface area contributed by atoms with Crippen molar-refractivity contribution in [2.75, 3.05) is 0 Å². The van der Waals surface area contributed by atoms with Crippen molar-refractivity contribution in [1.82, 2.24) is 21.3 Å². The number of carbonyl (C=O) groups excluding carboxylic acids is 5. The molecule has 2 rings (SSSR count). The summed E-state index contributed by atoms with van der Waals surface area (Å²) in [6.45, 7) is 9.31. The van der Waals surface area contributed by atoms with Crippen LogP contribution in [0.3, 0.4) is 0 Å². The van der Waals surface area contributed by atoms with Crippen molar-refractivity contribution in [3.8, 4) is 0 Å². The number of carboxylic acids is 1. The summed E-state index contributed by atoms with van der Waals surface area (Å²) >= 11 is 0. The molecule has 0 saturated carbocycles. The first-order chi connectivity index (χ1) is 20.1. The quantitative estimate of drug-likeness (QED) is 0.196. The van der Waals surface area contributed by atoms with Crippen LogP contribution in [0.4, 0.5) is 0 Å². The summed E-state index contributed by atoms with van der Waals surface area (Å²) in [6.07, 6.45) is 0.652. The lowest BCUT2D eigenvalue weighted by molar-refractivity contribution is -0.147. The van der Waals surface area contributed by atoms with E-state index >= 15 is 0 Å². The van der Waals surface area contributed by atoms with Gasteiger partial charge in [0.15, 0.2) is 0 Å². The fourth-order valence-corrected chi connectivity index (χ4v) is 4.24. The van der Waals surface area contributed by atoms with Crippen molar-refractivity contribution in [3.05, 3.63) is 71.3 Å². The van der Waals surface area contributed by atoms with Crippen LogP contribution >= 0.6 is 0 Å². The lowest BCUT2D eigenvalue weighted by atomic mass is 9.96. The maximum absolute atomic E-state index is 13.3. The lowest BCUT2D eigenvalue weighted by Gasteiger charge is -2.28. The van der Waals surface area contributed by atoms with E-state index < -0.39 is 59.1 Å². The molecular formula is C32H42N4O7. The Bertz CT molecular complexity index is 1330.